The van der Waals surface area contributed by atoms with Crippen molar-refractivity contribution in [2.75, 3.05) is 26.7 Å². The second kappa shape index (κ2) is 6.76. The Kier molecular flexibility index (Phi) is 5.20. The van der Waals surface area contributed by atoms with Crippen molar-refractivity contribution in [1.29, 1.82) is 0 Å². The van der Waals surface area contributed by atoms with Crippen molar-refractivity contribution in [2.24, 2.45) is 7.05 Å². The summed E-state index contributed by atoms with van der Waals surface area (Å²) in [6, 6.07) is 0.271. The summed E-state index contributed by atoms with van der Waals surface area (Å²) >= 11 is 0. The molecule has 1 saturated heterocycles. The summed E-state index contributed by atoms with van der Waals surface area (Å²) in [6.45, 7) is 2.76. The number of aromatic nitrogens is 2. The van der Waals surface area contributed by atoms with E-state index in [-0.39, 0.29) is 23.5 Å². The van der Waals surface area contributed by atoms with Crippen LogP contribution in [0.1, 0.15) is 18.7 Å². The predicted octanol–water partition coefficient (Wildman–Crippen LogP) is -0.783. The molecule has 1 aliphatic rings. The van der Waals surface area contributed by atoms with Gasteiger partial charge < -0.3 is 14.8 Å². The quantitative estimate of drug-likeness (QED) is 0.738. The lowest BCUT2D eigenvalue weighted by atomic mass is 10.1. The number of likely N-dealkylation sites (tertiary alicyclic amines) is 1. The number of amides is 1. The lowest BCUT2D eigenvalue weighted by Crippen LogP contribution is -2.49. The van der Waals surface area contributed by atoms with Crippen molar-refractivity contribution >= 4 is 15.9 Å². The Morgan fingerprint density at radius 1 is 1.50 bits per heavy atom. The van der Waals surface area contributed by atoms with Crippen LogP contribution in [0.25, 0.3) is 0 Å². The third-order valence-electron chi connectivity index (χ3n) is 3.96. The summed E-state index contributed by atoms with van der Waals surface area (Å²) in [6.07, 6.45) is 3.38. The summed E-state index contributed by atoms with van der Waals surface area (Å²) in [5.74, 6) is 0.385. The van der Waals surface area contributed by atoms with Crippen molar-refractivity contribution in [1.82, 2.24) is 24.5 Å². The largest absolute Gasteiger partial charge is 0.340 e. The lowest BCUT2D eigenvalue weighted by molar-refractivity contribution is -0.131. The molecule has 1 aromatic rings. The maximum atomic E-state index is 12.2. The zero-order valence-corrected chi connectivity index (χ0v) is 14.0. The number of nitrogens with zero attached hydrogens (tertiary/aromatic N) is 3. The van der Waals surface area contributed by atoms with E-state index in [1.165, 1.54) is 6.20 Å². The standard InChI is InChI=1S/C13H23N5O3S/c1-10-16-12(9-17(10)3)22(20,21)15-7-13(19)18-6-4-5-11(8-18)14-2/h9,11,14-15H,4-8H2,1-3H3. The monoisotopic (exact) mass is 329 g/mol. The van der Waals surface area contributed by atoms with Gasteiger partial charge in [-0.05, 0) is 26.8 Å². The first kappa shape index (κ1) is 16.9. The fourth-order valence-electron chi connectivity index (χ4n) is 2.44. The molecule has 0 spiro atoms. The Balaban J connectivity index is 1.95. The van der Waals surface area contributed by atoms with E-state index in [9.17, 15) is 13.2 Å². The van der Waals surface area contributed by atoms with Gasteiger partial charge in [0, 0.05) is 32.4 Å². The van der Waals surface area contributed by atoms with Gasteiger partial charge in [-0.1, -0.05) is 0 Å². The van der Waals surface area contributed by atoms with Crippen molar-refractivity contribution in [2.45, 2.75) is 30.8 Å². The molecule has 1 amide bonds. The lowest BCUT2D eigenvalue weighted by Gasteiger charge is -2.32. The van der Waals surface area contributed by atoms with Gasteiger partial charge in [0.05, 0.1) is 6.54 Å². The fourth-order valence-corrected chi connectivity index (χ4v) is 3.45. The summed E-state index contributed by atoms with van der Waals surface area (Å²) in [7, 11) is -0.174. The van der Waals surface area contributed by atoms with Crippen molar-refractivity contribution < 1.29 is 13.2 Å². The highest BCUT2D eigenvalue weighted by Gasteiger charge is 2.25. The SMILES string of the molecule is CNC1CCCN(C(=O)CNS(=O)(=O)c2cn(C)c(C)n2)C1. The van der Waals surface area contributed by atoms with Gasteiger partial charge >= 0.3 is 0 Å². The zero-order valence-electron chi connectivity index (χ0n) is 13.2. The molecule has 1 fully saturated rings. The topological polar surface area (TPSA) is 96.3 Å². The second-order valence-corrected chi connectivity index (χ2v) is 7.24. The number of carbonyl (C=O) groups excluding carboxylic acids is 1. The molecule has 9 heteroatoms. The van der Waals surface area contributed by atoms with E-state index in [2.05, 4.69) is 15.0 Å². The van der Waals surface area contributed by atoms with Gasteiger partial charge in [0.15, 0.2) is 5.03 Å². The van der Waals surface area contributed by atoms with Crippen LogP contribution in [0.5, 0.6) is 0 Å². The molecule has 124 valence electrons. The van der Waals surface area contributed by atoms with E-state index in [4.69, 9.17) is 0 Å². The molecule has 0 aromatic carbocycles. The fraction of sp³-hybridized carbons (Fsp3) is 0.692. The van der Waals surface area contributed by atoms with Crippen molar-refractivity contribution in [3.05, 3.63) is 12.0 Å². The highest BCUT2D eigenvalue weighted by molar-refractivity contribution is 7.89. The molecule has 0 bridgehead atoms. The Bertz CT molecular complexity index is 621. The van der Waals surface area contributed by atoms with E-state index in [1.807, 2.05) is 7.05 Å². The third-order valence-corrected chi connectivity index (χ3v) is 5.23. The number of piperidine rings is 1. The first-order valence-corrected chi connectivity index (χ1v) is 8.76. The van der Waals surface area contributed by atoms with Crippen LogP contribution < -0.4 is 10.0 Å². The molecule has 0 aliphatic carbocycles. The normalized spacial score (nSPS) is 19.4. The highest BCUT2D eigenvalue weighted by Crippen LogP contribution is 2.10. The van der Waals surface area contributed by atoms with Crippen LogP contribution in [0.15, 0.2) is 11.2 Å². The molecular weight excluding hydrogens is 306 g/mol. The number of imidazole rings is 1. The smallest absolute Gasteiger partial charge is 0.260 e. The zero-order chi connectivity index (χ0) is 16.3. The summed E-state index contributed by atoms with van der Waals surface area (Å²) in [5, 5.41) is 3.09. The van der Waals surface area contributed by atoms with Gasteiger partial charge in [-0.2, -0.15) is 0 Å². The molecule has 2 N–H and O–H groups in total. The minimum absolute atomic E-state index is 0.0629. The predicted molar refractivity (Wildman–Crippen MR) is 81.8 cm³/mol. The minimum atomic E-state index is -3.76. The molecule has 1 unspecified atom stereocenters. The molecule has 0 radical (unpaired) electrons. The molecule has 8 nitrogen and oxygen atoms in total. The second-order valence-electron chi connectivity index (χ2n) is 5.53. The van der Waals surface area contributed by atoms with E-state index >= 15 is 0 Å². The van der Waals surface area contributed by atoms with Crippen LogP contribution in [0.2, 0.25) is 0 Å². The maximum Gasteiger partial charge on any atom is 0.260 e. The van der Waals surface area contributed by atoms with Gasteiger partial charge in [-0.15, -0.1) is 0 Å². The maximum absolute atomic E-state index is 12.2. The molecule has 1 aromatic heterocycles. The molecule has 2 rings (SSSR count). The third kappa shape index (κ3) is 3.84. The molecular formula is C13H23N5O3S. The minimum Gasteiger partial charge on any atom is -0.340 e. The molecule has 0 saturated carbocycles. The molecule has 22 heavy (non-hydrogen) atoms. The Morgan fingerprint density at radius 2 is 2.23 bits per heavy atom. The van der Waals surface area contributed by atoms with E-state index in [0.29, 0.717) is 18.9 Å². The Hall–Kier alpha value is -1.45. The van der Waals surface area contributed by atoms with E-state index < -0.39 is 10.0 Å². The van der Waals surface area contributed by atoms with Gasteiger partial charge in [0.1, 0.15) is 5.82 Å². The van der Waals surface area contributed by atoms with Gasteiger partial charge in [-0.3, -0.25) is 4.79 Å². The van der Waals surface area contributed by atoms with Crippen LogP contribution >= 0.6 is 0 Å². The summed E-state index contributed by atoms with van der Waals surface area (Å²) < 4.78 is 28.2. The number of hydrogen-bond acceptors (Lipinski definition) is 5. The highest BCUT2D eigenvalue weighted by atomic mass is 32.2. The molecule has 1 aliphatic heterocycles. The number of likely N-dealkylation sites (N-methyl/N-ethyl adjacent to an activating group) is 1. The number of sulfonamides is 1. The average molecular weight is 329 g/mol. The number of hydrogen-bond donors (Lipinski definition) is 2. The van der Waals surface area contributed by atoms with Crippen molar-refractivity contribution in [3.63, 3.8) is 0 Å². The van der Waals surface area contributed by atoms with Crippen LogP contribution in [0.3, 0.4) is 0 Å². The van der Waals surface area contributed by atoms with Gasteiger partial charge in [-0.25, -0.2) is 18.1 Å². The number of aryl methyl sites for hydroxylation is 2. The Morgan fingerprint density at radius 3 is 2.82 bits per heavy atom. The van der Waals surface area contributed by atoms with Crippen LogP contribution in [0, 0.1) is 6.92 Å². The van der Waals surface area contributed by atoms with Crippen LogP contribution in [-0.2, 0) is 21.9 Å². The summed E-state index contributed by atoms with van der Waals surface area (Å²) in [4.78, 5) is 17.8. The number of carbonyl (C=O) groups is 1. The number of rotatable bonds is 5. The first-order valence-electron chi connectivity index (χ1n) is 7.28. The van der Waals surface area contributed by atoms with Gasteiger partial charge in [0.25, 0.3) is 10.0 Å². The molecule has 1 atom stereocenters. The van der Waals surface area contributed by atoms with Gasteiger partial charge in [0.2, 0.25) is 5.91 Å². The average Bonchev–Trinajstić information content (AvgIpc) is 2.85. The van der Waals surface area contributed by atoms with Crippen molar-refractivity contribution in [3.8, 4) is 0 Å². The molecule has 2 heterocycles. The number of nitrogens with one attached hydrogen (secondary N) is 2. The van der Waals surface area contributed by atoms with Crippen LogP contribution in [-0.4, -0.2) is 61.5 Å². The van der Waals surface area contributed by atoms with E-state index in [1.54, 1.807) is 23.4 Å². The summed E-state index contributed by atoms with van der Waals surface area (Å²) in [5.41, 5.74) is 0. The van der Waals surface area contributed by atoms with E-state index in [0.717, 1.165) is 12.8 Å². The Labute approximate surface area is 130 Å². The first-order chi connectivity index (χ1) is 10.3. The van der Waals surface area contributed by atoms with Crippen LogP contribution in [0.4, 0.5) is 0 Å².